The van der Waals surface area contributed by atoms with E-state index in [-0.39, 0.29) is 29.7 Å². The third-order valence-electron chi connectivity index (χ3n) is 5.34. The lowest BCUT2D eigenvalue weighted by Crippen LogP contribution is -2.42. The molecule has 0 aromatic heterocycles. The predicted molar refractivity (Wildman–Crippen MR) is 126 cm³/mol. The molecule has 9 heteroatoms. The van der Waals surface area contributed by atoms with Gasteiger partial charge in [-0.1, -0.05) is 32.1 Å². The van der Waals surface area contributed by atoms with Crippen molar-refractivity contribution in [3.63, 3.8) is 0 Å². The molecule has 3 N–H and O–H groups in total. The Labute approximate surface area is 188 Å². The Bertz CT molecular complexity index is 533. The molecule has 0 atom stereocenters. The summed E-state index contributed by atoms with van der Waals surface area (Å²) >= 11 is 0. The van der Waals surface area contributed by atoms with Crippen LogP contribution in [0.3, 0.4) is 0 Å². The Hall–Kier alpha value is -0.130. The molecule has 2 saturated carbocycles. The Balaban J connectivity index is 0.00000392. The largest absolute Gasteiger partial charge is 0.376 e. The molecule has 28 heavy (non-hydrogen) atoms. The average Bonchev–Trinajstić information content (AvgIpc) is 2.86. The average molecular weight is 531 g/mol. The lowest BCUT2D eigenvalue weighted by molar-refractivity contribution is 0.0487. The topological polar surface area (TPSA) is 91.8 Å². The van der Waals surface area contributed by atoms with Crippen LogP contribution in [0.1, 0.15) is 64.7 Å². The molecular formula is C19H39IN4O3S. The minimum absolute atomic E-state index is 0. The predicted octanol–water partition coefficient (Wildman–Crippen LogP) is 2.62. The molecule has 0 saturated heterocycles. The van der Waals surface area contributed by atoms with Gasteiger partial charge in [-0.05, 0) is 38.5 Å². The molecule has 2 aliphatic carbocycles. The molecule has 0 unspecified atom stereocenters. The van der Waals surface area contributed by atoms with Crippen LogP contribution in [0.25, 0.3) is 0 Å². The van der Waals surface area contributed by atoms with E-state index in [1.807, 2.05) is 6.92 Å². The van der Waals surface area contributed by atoms with Gasteiger partial charge in [0.15, 0.2) is 5.96 Å². The maximum Gasteiger partial charge on any atom is 0.213 e. The van der Waals surface area contributed by atoms with Crippen molar-refractivity contribution >= 4 is 40.0 Å². The SMILES string of the molecule is CCNC(=NCCOC1CCCCCC1)NCCS(=O)(=O)NCC1CCC1.I. The lowest BCUT2D eigenvalue weighted by Gasteiger charge is -2.25. The number of ether oxygens (including phenoxy) is 1. The Morgan fingerprint density at radius 1 is 1.04 bits per heavy atom. The summed E-state index contributed by atoms with van der Waals surface area (Å²) in [5.74, 6) is 1.24. The molecule has 0 aliphatic heterocycles. The number of hydrogen-bond donors (Lipinski definition) is 3. The molecule has 166 valence electrons. The molecule has 0 spiro atoms. The number of halogens is 1. The van der Waals surface area contributed by atoms with Gasteiger partial charge in [0.05, 0.1) is 25.0 Å². The number of nitrogens with one attached hydrogen (secondary N) is 3. The number of nitrogens with zero attached hydrogens (tertiary/aromatic N) is 1. The van der Waals surface area contributed by atoms with Gasteiger partial charge in [0.1, 0.15) is 0 Å². The highest BCUT2D eigenvalue weighted by atomic mass is 127. The van der Waals surface area contributed by atoms with Crippen LogP contribution in [0.2, 0.25) is 0 Å². The van der Waals surface area contributed by atoms with E-state index in [9.17, 15) is 8.42 Å². The molecule has 0 aromatic rings. The van der Waals surface area contributed by atoms with Crippen molar-refractivity contribution in [3.05, 3.63) is 0 Å². The number of aliphatic imine (C=N–C) groups is 1. The summed E-state index contributed by atoms with van der Waals surface area (Å²) in [4.78, 5) is 4.49. The first-order chi connectivity index (χ1) is 13.1. The molecule has 7 nitrogen and oxygen atoms in total. The Morgan fingerprint density at radius 2 is 1.75 bits per heavy atom. The number of hydrogen-bond acceptors (Lipinski definition) is 4. The summed E-state index contributed by atoms with van der Waals surface area (Å²) in [6, 6.07) is 0. The van der Waals surface area contributed by atoms with Crippen LogP contribution in [0.4, 0.5) is 0 Å². The first kappa shape index (κ1) is 25.9. The van der Waals surface area contributed by atoms with Crippen LogP contribution in [0, 0.1) is 5.92 Å². The summed E-state index contributed by atoms with van der Waals surface area (Å²) in [6.45, 7) is 4.85. The van der Waals surface area contributed by atoms with Crippen LogP contribution in [0.15, 0.2) is 4.99 Å². The smallest absolute Gasteiger partial charge is 0.213 e. The fourth-order valence-corrected chi connectivity index (χ4v) is 4.45. The summed E-state index contributed by atoms with van der Waals surface area (Å²) < 4.78 is 32.8. The van der Waals surface area contributed by atoms with Crippen molar-refractivity contribution in [3.8, 4) is 0 Å². The zero-order valence-corrected chi connectivity index (χ0v) is 20.4. The molecule has 2 aliphatic rings. The second-order valence-electron chi connectivity index (χ2n) is 7.64. The first-order valence-electron chi connectivity index (χ1n) is 10.7. The number of guanidine groups is 1. The van der Waals surface area contributed by atoms with E-state index in [1.54, 1.807) is 0 Å². The van der Waals surface area contributed by atoms with Gasteiger partial charge in [-0.2, -0.15) is 0 Å². The summed E-state index contributed by atoms with van der Waals surface area (Å²) in [5.41, 5.74) is 0. The maximum atomic E-state index is 12.0. The van der Waals surface area contributed by atoms with Gasteiger partial charge in [-0.3, -0.25) is 4.99 Å². The Morgan fingerprint density at radius 3 is 2.36 bits per heavy atom. The lowest BCUT2D eigenvalue weighted by atomic mass is 9.86. The number of sulfonamides is 1. The monoisotopic (exact) mass is 530 g/mol. The van der Waals surface area contributed by atoms with Gasteiger partial charge >= 0.3 is 0 Å². The van der Waals surface area contributed by atoms with Crippen molar-refractivity contribution in [1.29, 1.82) is 0 Å². The third kappa shape index (κ3) is 11.2. The van der Waals surface area contributed by atoms with Gasteiger partial charge < -0.3 is 15.4 Å². The van der Waals surface area contributed by atoms with Gasteiger partial charge in [0, 0.05) is 19.6 Å². The fraction of sp³-hybridized carbons (Fsp3) is 0.947. The molecule has 2 fully saturated rings. The highest BCUT2D eigenvalue weighted by molar-refractivity contribution is 14.0. The minimum Gasteiger partial charge on any atom is -0.376 e. The van der Waals surface area contributed by atoms with Crippen molar-refractivity contribution in [2.24, 2.45) is 10.9 Å². The molecule has 2 rings (SSSR count). The minimum atomic E-state index is -3.23. The van der Waals surface area contributed by atoms with Crippen molar-refractivity contribution in [2.75, 3.05) is 38.5 Å². The van der Waals surface area contributed by atoms with Gasteiger partial charge in [-0.15, -0.1) is 24.0 Å². The van der Waals surface area contributed by atoms with E-state index in [0.717, 1.165) is 32.2 Å². The standard InChI is InChI=1S/C19H38N4O3S.HI/c1-2-20-19(21-12-14-26-18-10-5-3-4-6-11-18)22-13-15-27(24,25)23-16-17-8-7-9-17;/h17-18,23H,2-16H2,1H3,(H2,20,21,22);1H. The second-order valence-corrected chi connectivity index (χ2v) is 9.56. The van der Waals surface area contributed by atoms with Crippen LogP contribution >= 0.6 is 24.0 Å². The van der Waals surface area contributed by atoms with Crippen LogP contribution < -0.4 is 15.4 Å². The van der Waals surface area contributed by atoms with Gasteiger partial charge in [-0.25, -0.2) is 13.1 Å². The molecule has 0 radical (unpaired) electrons. The van der Waals surface area contributed by atoms with E-state index in [2.05, 4.69) is 20.3 Å². The highest BCUT2D eigenvalue weighted by Crippen LogP contribution is 2.25. The zero-order chi connectivity index (χ0) is 19.4. The van der Waals surface area contributed by atoms with E-state index in [4.69, 9.17) is 4.74 Å². The fourth-order valence-electron chi connectivity index (χ4n) is 3.44. The first-order valence-corrected chi connectivity index (χ1v) is 12.4. The van der Waals surface area contributed by atoms with Crippen LogP contribution in [0.5, 0.6) is 0 Å². The van der Waals surface area contributed by atoms with E-state index in [1.165, 1.54) is 32.1 Å². The summed E-state index contributed by atoms with van der Waals surface area (Å²) in [6.07, 6.45) is 11.4. The Kier molecular flexibility index (Phi) is 13.7. The van der Waals surface area contributed by atoms with E-state index < -0.39 is 10.0 Å². The molecular weight excluding hydrogens is 491 g/mol. The van der Waals surface area contributed by atoms with Crippen molar-refractivity contribution < 1.29 is 13.2 Å². The van der Waals surface area contributed by atoms with E-state index in [0.29, 0.717) is 44.2 Å². The number of rotatable bonds is 11. The van der Waals surface area contributed by atoms with Crippen molar-refractivity contribution in [2.45, 2.75) is 70.8 Å². The van der Waals surface area contributed by atoms with Crippen LogP contribution in [-0.2, 0) is 14.8 Å². The van der Waals surface area contributed by atoms with E-state index >= 15 is 0 Å². The molecule has 0 bridgehead atoms. The molecule has 0 amide bonds. The molecule has 0 heterocycles. The van der Waals surface area contributed by atoms with Gasteiger partial charge in [0.2, 0.25) is 10.0 Å². The normalized spacial score (nSPS) is 19.4. The van der Waals surface area contributed by atoms with Gasteiger partial charge in [0.25, 0.3) is 0 Å². The molecule has 0 aromatic carbocycles. The quantitative estimate of drug-likeness (QED) is 0.126. The third-order valence-corrected chi connectivity index (χ3v) is 6.69. The second kappa shape index (κ2) is 14.8. The zero-order valence-electron chi connectivity index (χ0n) is 17.2. The summed E-state index contributed by atoms with van der Waals surface area (Å²) in [5, 5.41) is 6.26. The van der Waals surface area contributed by atoms with Crippen molar-refractivity contribution in [1.82, 2.24) is 15.4 Å². The maximum absolute atomic E-state index is 12.0. The highest BCUT2D eigenvalue weighted by Gasteiger charge is 2.20. The van der Waals surface area contributed by atoms with Crippen LogP contribution in [-0.4, -0.2) is 59.0 Å². The summed E-state index contributed by atoms with van der Waals surface area (Å²) in [7, 11) is -3.23.